The van der Waals surface area contributed by atoms with Gasteiger partial charge in [-0.15, -0.1) is 0 Å². The van der Waals surface area contributed by atoms with E-state index in [2.05, 4.69) is 5.32 Å². The molecule has 4 nitrogen and oxygen atoms in total. The van der Waals surface area contributed by atoms with E-state index in [0.717, 1.165) is 0 Å². The second-order valence-electron chi connectivity index (χ2n) is 3.98. The van der Waals surface area contributed by atoms with Crippen molar-refractivity contribution in [2.75, 3.05) is 13.2 Å². The Kier molecular flexibility index (Phi) is 4.83. The topological polar surface area (TPSA) is 54.3 Å². The molecule has 1 atom stereocenters. The van der Waals surface area contributed by atoms with Crippen molar-refractivity contribution in [3.8, 4) is 0 Å². The summed E-state index contributed by atoms with van der Waals surface area (Å²) in [6.07, 6.45) is 2.38. The zero-order chi connectivity index (χ0) is 12.1. The minimum absolute atomic E-state index is 0.140. The summed E-state index contributed by atoms with van der Waals surface area (Å²) in [5, 5.41) is 12.1. The summed E-state index contributed by atoms with van der Waals surface area (Å²) in [6.45, 7) is 2.68. The summed E-state index contributed by atoms with van der Waals surface area (Å²) < 4.78 is 1.69. The Bertz CT molecular complexity index is 363. The van der Waals surface area contributed by atoms with E-state index in [0.29, 0.717) is 23.7 Å². The van der Waals surface area contributed by atoms with Gasteiger partial charge in [0.25, 0.3) is 5.91 Å². The van der Waals surface area contributed by atoms with Gasteiger partial charge in [-0.2, -0.15) is 0 Å². The van der Waals surface area contributed by atoms with Crippen LogP contribution in [0.1, 0.15) is 23.8 Å². The molecule has 1 amide bonds. The molecule has 0 saturated carbocycles. The van der Waals surface area contributed by atoms with Crippen molar-refractivity contribution in [1.29, 1.82) is 0 Å². The molecule has 0 saturated heterocycles. The highest BCUT2D eigenvalue weighted by Crippen LogP contribution is 2.12. The molecule has 0 aromatic carbocycles. The standard InChI is InChI=1S/C11H17ClN2O2/c1-8(3-4-15)6-13-11(16)10-5-9(12)7-14(10)2/h5,7-8,15H,3-4,6H2,1-2H3,(H,13,16). The Balaban J connectivity index is 2.50. The largest absolute Gasteiger partial charge is 0.396 e. The Morgan fingerprint density at radius 1 is 1.69 bits per heavy atom. The fourth-order valence-electron chi connectivity index (χ4n) is 1.43. The van der Waals surface area contributed by atoms with E-state index in [-0.39, 0.29) is 18.4 Å². The van der Waals surface area contributed by atoms with Gasteiger partial charge in [0.1, 0.15) is 5.69 Å². The van der Waals surface area contributed by atoms with Gasteiger partial charge in [-0.25, -0.2) is 0 Å². The van der Waals surface area contributed by atoms with E-state index in [1.807, 2.05) is 6.92 Å². The van der Waals surface area contributed by atoms with Crippen molar-refractivity contribution in [2.45, 2.75) is 13.3 Å². The fourth-order valence-corrected chi connectivity index (χ4v) is 1.68. The maximum Gasteiger partial charge on any atom is 0.267 e. The second-order valence-corrected chi connectivity index (χ2v) is 4.42. The molecule has 1 unspecified atom stereocenters. The zero-order valence-corrected chi connectivity index (χ0v) is 10.3. The van der Waals surface area contributed by atoms with Crippen molar-refractivity contribution in [3.05, 3.63) is 23.0 Å². The highest BCUT2D eigenvalue weighted by atomic mass is 35.5. The minimum Gasteiger partial charge on any atom is -0.396 e. The summed E-state index contributed by atoms with van der Waals surface area (Å²) in [5.41, 5.74) is 0.543. The number of amides is 1. The van der Waals surface area contributed by atoms with Crippen LogP contribution in [0.15, 0.2) is 12.3 Å². The van der Waals surface area contributed by atoms with Crippen LogP contribution >= 0.6 is 11.6 Å². The first-order valence-electron chi connectivity index (χ1n) is 5.25. The number of carbonyl (C=O) groups is 1. The molecule has 1 heterocycles. The summed E-state index contributed by atoms with van der Waals surface area (Å²) in [4.78, 5) is 11.7. The van der Waals surface area contributed by atoms with E-state index in [1.165, 1.54) is 0 Å². The molecule has 0 spiro atoms. The van der Waals surface area contributed by atoms with E-state index in [9.17, 15) is 4.79 Å². The third-order valence-corrected chi connectivity index (χ3v) is 2.64. The lowest BCUT2D eigenvalue weighted by molar-refractivity contribution is 0.0937. The number of hydrogen-bond acceptors (Lipinski definition) is 2. The number of aliphatic hydroxyl groups excluding tert-OH is 1. The van der Waals surface area contributed by atoms with E-state index in [1.54, 1.807) is 23.9 Å². The average Bonchev–Trinajstić information content (AvgIpc) is 2.55. The molecular formula is C11H17ClN2O2. The maximum atomic E-state index is 11.7. The lowest BCUT2D eigenvalue weighted by Crippen LogP contribution is -2.29. The van der Waals surface area contributed by atoms with Crippen molar-refractivity contribution >= 4 is 17.5 Å². The summed E-state index contributed by atoms with van der Waals surface area (Å²) in [5.74, 6) is 0.129. The highest BCUT2D eigenvalue weighted by Gasteiger charge is 2.11. The van der Waals surface area contributed by atoms with Crippen LogP contribution in [-0.4, -0.2) is 28.7 Å². The van der Waals surface area contributed by atoms with Crippen LogP contribution in [0.3, 0.4) is 0 Å². The Hall–Kier alpha value is -1.00. The molecule has 5 heteroatoms. The summed E-state index contributed by atoms with van der Waals surface area (Å²) in [7, 11) is 1.78. The maximum absolute atomic E-state index is 11.7. The van der Waals surface area contributed by atoms with Gasteiger partial charge < -0.3 is 15.0 Å². The Labute approximate surface area is 100 Å². The normalized spacial score (nSPS) is 12.5. The molecule has 0 aliphatic heterocycles. The summed E-state index contributed by atoms with van der Waals surface area (Å²) in [6, 6.07) is 1.63. The Morgan fingerprint density at radius 2 is 2.38 bits per heavy atom. The highest BCUT2D eigenvalue weighted by molar-refractivity contribution is 6.31. The molecule has 0 aliphatic rings. The molecule has 1 rings (SSSR count). The quantitative estimate of drug-likeness (QED) is 0.823. The van der Waals surface area contributed by atoms with E-state index >= 15 is 0 Å². The first kappa shape index (κ1) is 13.1. The minimum atomic E-state index is -0.140. The molecule has 0 fully saturated rings. The molecule has 0 radical (unpaired) electrons. The number of carbonyl (C=O) groups excluding carboxylic acids is 1. The number of nitrogens with one attached hydrogen (secondary N) is 1. The first-order chi connectivity index (χ1) is 7.54. The van der Waals surface area contributed by atoms with Crippen molar-refractivity contribution in [2.24, 2.45) is 13.0 Å². The zero-order valence-electron chi connectivity index (χ0n) is 9.53. The van der Waals surface area contributed by atoms with Gasteiger partial charge in [0, 0.05) is 26.4 Å². The number of hydrogen-bond donors (Lipinski definition) is 2. The monoisotopic (exact) mass is 244 g/mol. The predicted molar refractivity (Wildman–Crippen MR) is 63.6 cm³/mol. The smallest absolute Gasteiger partial charge is 0.267 e. The van der Waals surface area contributed by atoms with Gasteiger partial charge in [-0.05, 0) is 18.4 Å². The number of halogens is 1. The number of aryl methyl sites for hydroxylation is 1. The molecule has 16 heavy (non-hydrogen) atoms. The SMILES string of the molecule is CC(CCO)CNC(=O)c1cc(Cl)cn1C. The lowest BCUT2D eigenvalue weighted by Gasteiger charge is -2.11. The van der Waals surface area contributed by atoms with Gasteiger partial charge in [-0.1, -0.05) is 18.5 Å². The third kappa shape index (κ3) is 3.54. The van der Waals surface area contributed by atoms with Crippen LogP contribution in [0.2, 0.25) is 5.02 Å². The van der Waals surface area contributed by atoms with Crippen LogP contribution in [0, 0.1) is 5.92 Å². The number of rotatable bonds is 5. The van der Waals surface area contributed by atoms with Gasteiger partial charge in [0.15, 0.2) is 0 Å². The average molecular weight is 245 g/mol. The van der Waals surface area contributed by atoms with Crippen LogP contribution < -0.4 is 5.32 Å². The fraction of sp³-hybridized carbons (Fsp3) is 0.545. The Morgan fingerprint density at radius 3 is 2.88 bits per heavy atom. The van der Waals surface area contributed by atoms with Gasteiger partial charge in [-0.3, -0.25) is 4.79 Å². The lowest BCUT2D eigenvalue weighted by atomic mass is 10.1. The van der Waals surface area contributed by atoms with Gasteiger partial charge in [0.05, 0.1) is 5.02 Å². The number of aromatic nitrogens is 1. The molecule has 1 aromatic rings. The van der Waals surface area contributed by atoms with Gasteiger partial charge in [0.2, 0.25) is 0 Å². The van der Waals surface area contributed by atoms with E-state index < -0.39 is 0 Å². The number of aliphatic hydroxyl groups is 1. The van der Waals surface area contributed by atoms with Crippen LogP contribution in [0.25, 0.3) is 0 Å². The molecule has 1 aromatic heterocycles. The van der Waals surface area contributed by atoms with Crippen LogP contribution in [0.5, 0.6) is 0 Å². The molecule has 0 bridgehead atoms. The molecule has 90 valence electrons. The van der Waals surface area contributed by atoms with Crippen LogP contribution in [0.4, 0.5) is 0 Å². The first-order valence-corrected chi connectivity index (χ1v) is 5.63. The third-order valence-electron chi connectivity index (χ3n) is 2.44. The van der Waals surface area contributed by atoms with Crippen molar-refractivity contribution in [3.63, 3.8) is 0 Å². The van der Waals surface area contributed by atoms with Crippen molar-refractivity contribution < 1.29 is 9.90 Å². The van der Waals surface area contributed by atoms with E-state index in [4.69, 9.17) is 16.7 Å². The molecule has 2 N–H and O–H groups in total. The molecular weight excluding hydrogens is 228 g/mol. The second kappa shape index (κ2) is 5.92. The predicted octanol–water partition coefficient (Wildman–Crippen LogP) is 1.43. The number of nitrogens with zero attached hydrogens (tertiary/aromatic N) is 1. The van der Waals surface area contributed by atoms with Crippen LogP contribution in [-0.2, 0) is 7.05 Å². The van der Waals surface area contributed by atoms with Gasteiger partial charge >= 0.3 is 0 Å². The molecule has 0 aliphatic carbocycles. The van der Waals surface area contributed by atoms with Crippen molar-refractivity contribution in [1.82, 2.24) is 9.88 Å². The summed E-state index contributed by atoms with van der Waals surface area (Å²) >= 11 is 5.79.